The van der Waals surface area contributed by atoms with Gasteiger partial charge in [0.25, 0.3) is 0 Å². The van der Waals surface area contributed by atoms with Crippen LogP contribution in [0, 0.1) is 5.82 Å². The van der Waals surface area contributed by atoms with Crippen molar-refractivity contribution < 1.29 is 32.9 Å². The van der Waals surface area contributed by atoms with Crippen molar-refractivity contribution in [3.05, 3.63) is 88.2 Å². The van der Waals surface area contributed by atoms with Gasteiger partial charge in [0.05, 0.1) is 31.4 Å². The first kappa shape index (κ1) is 36.6. The Kier molecular flexibility index (Phi) is 12.2. The maximum atomic E-state index is 16.0. The molecule has 5 rings (SSSR count). The minimum atomic E-state index is -0.772. The molecule has 0 spiro atoms. The minimum Gasteiger partial charge on any atom is -0.488 e. The number of halogens is 2. The number of nitrogens with one attached hydrogen (secondary N) is 1. The van der Waals surface area contributed by atoms with Gasteiger partial charge in [0.15, 0.2) is 11.6 Å². The van der Waals surface area contributed by atoms with Gasteiger partial charge in [0, 0.05) is 47.8 Å². The van der Waals surface area contributed by atoms with Crippen LogP contribution >= 0.6 is 11.6 Å². The number of rotatable bonds is 13. The molecule has 0 radical (unpaired) electrons. The summed E-state index contributed by atoms with van der Waals surface area (Å²) in [7, 11) is 1.53. The molecule has 1 saturated carbocycles. The van der Waals surface area contributed by atoms with Crippen LogP contribution in [0.3, 0.4) is 0 Å². The largest absolute Gasteiger partial charge is 0.488 e. The topological polar surface area (TPSA) is 112 Å². The van der Waals surface area contributed by atoms with E-state index in [1.165, 1.54) is 19.2 Å². The average molecular weight is 696 g/mol. The predicted molar refractivity (Wildman–Crippen MR) is 188 cm³/mol. The summed E-state index contributed by atoms with van der Waals surface area (Å²) in [5, 5.41) is 4.06. The molecule has 2 amide bonds. The van der Waals surface area contributed by atoms with Crippen LogP contribution in [-0.4, -0.2) is 80.7 Å². The van der Waals surface area contributed by atoms with Gasteiger partial charge in [0.2, 0.25) is 5.91 Å². The summed E-state index contributed by atoms with van der Waals surface area (Å²) in [6, 6.07) is 18.8. The fraction of sp³-hybridized carbons (Fsp3) is 0.474. The van der Waals surface area contributed by atoms with E-state index in [-0.39, 0.29) is 65.2 Å². The van der Waals surface area contributed by atoms with Gasteiger partial charge in [-0.3, -0.25) is 9.69 Å². The van der Waals surface area contributed by atoms with E-state index >= 15 is 4.39 Å². The van der Waals surface area contributed by atoms with E-state index in [2.05, 4.69) is 17.4 Å². The lowest BCUT2D eigenvalue weighted by molar-refractivity contribution is -0.0871. The fourth-order valence-electron chi connectivity index (χ4n) is 6.57. The normalized spacial score (nSPS) is 18.7. The Morgan fingerprint density at radius 3 is 2.33 bits per heavy atom. The zero-order chi connectivity index (χ0) is 35.1. The lowest BCUT2D eigenvalue weighted by atomic mass is 9.86. The first-order valence-corrected chi connectivity index (χ1v) is 17.3. The van der Waals surface area contributed by atoms with Crippen LogP contribution in [0.15, 0.2) is 60.7 Å². The smallest absolute Gasteiger partial charge is 0.410 e. The Hall–Kier alpha value is -3.70. The minimum absolute atomic E-state index is 0.00114. The summed E-state index contributed by atoms with van der Waals surface area (Å²) >= 11 is 6.70. The van der Waals surface area contributed by atoms with E-state index < -0.39 is 17.3 Å². The number of nitrogens with two attached hydrogens (primary N) is 1. The van der Waals surface area contributed by atoms with E-state index in [9.17, 15) is 9.59 Å². The molecular formula is C38H47ClFN3O6. The standard InChI is InChI=1S/C38H47ClFN3O6/c1-38(2,3)49-37(45)43(28-22-47-23-28)27-13-11-26(12-14-27)42-21-31(24-8-6-5-7-9-24)25-10-16-32(39)30(20-25)34-29(36(41)44)15-17-33(35(34)40)48-19-18-46-4/h5-10,15-17,20,26-28,31,42H,11-14,18-19,21-23H2,1-4H3,(H2,41,44). The lowest BCUT2D eigenvalue weighted by Crippen LogP contribution is -2.58. The van der Waals surface area contributed by atoms with Gasteiger partial charge in [-0.1, -0.05) is 48.0 Å². The predicted octanol–water partition coefficient (Wildman–Crippen LogP) is 6.94. The van der Waals surface area contributed by atoms with Crippen molar-refractivity contribution >= 4 is 23.6 Å². The van der Waals surface area contributed by atoms with Crippen molar-refractivity contribution in [2.45, 2.75) is 76.1 Å². The van der Waals surface area contributed by atoms with E-state index in [4.69, 9.17) is 36.3 Å². The highest BCUT2D eigenvalue weighted by Gasteiger charge is 2.39. The average Bonchev–Trinajstić information content (AvgIpc) is 3.04. The number of methoxy groups -OCH3 is 1. The van der Waals surface area contributed by atoms with Crippen molar-refractivity contribution in [3.63, 3.8) is 0 Å². The molecule has 9 nitrogen and oxygen atoms in total. The van der Waals surface area contributed by atoms with Crippen LogP contribution in [0.1, 0.15) is 73.9 Å². The van der Waals surface area contributed by atoms with Crippen LogP contribution in [0.25, 0.3) is 11.1 Å². The van der Waals surface area contributed by atoms with Crippen LogP contribution in [-0.2, 0) is 14.2 Å². The van der Waals surface area contributed by atoms with Crippen molar-refractivity contribution in [1.82, 2.24) is 10.2 Å². The molecule has 3 aromatic rings. The molecular weight excluding hydrogens is 649 g/mol. The van der Waals surface area contributed by atoms with E-state index in [1.807, 2.05) is 56.0 Å². The highest BCUT2D eigenvalue weighted by molar-refractivity contribution is 6.33. The monoisotopic (exact) mass is 695 g/mol. The molecule has 49 heavy (non-hydrogen) atoms. The zero-order valence-electron chi connectivity index (χ0n) is 28.7. The molecule has 11 heteroatoms. The number of hydrogen-bond acceptors (Lipinski definition) is 7. The number of nitrogens with zero attached hydrogens (tertiary/aromatic N) is 1. The van der Waals surface area contributed by atoms with E-state index in [1.54, 1.807) is 6.07 Å². The van der Waals surface area contributed by atoms with E-state index in [0.29, 0.717) is 25.3 Å². The highest BCUT2D eigenvalue weighted by atomic mass is 35.5. The summed E-state index contributed by atoms with van der Waals surface area (Å²) in [5.41, 5.74) is 7.47. The summed E-state index contributed by atoms with van der Waals surface area (Å²) in [5.74, 6) is -1.62. The van der Waals surface area contributed by atoms with Crippen LogP contribution in [0.5, 0.6) is 5.75 Å². The summed E-state index contributed by atoms with van der Waals surface area (Å²) < 4.78 is 37.9. The number of ether oxygens (including phenoxy) is 4. The third-order valence-electron chi connectivity index (χ3n) is 9.10. The first-order valence-electron chi connectivity index (χ1n) is 16.9. The van der Waals surface area contributed by atoms with Crippen molar-refractivity contribution in [3.8, 4) is 16.9 Å². The second-order valence-electron chi connectivity index (χ2n) is 13.7. The third-order valence-corrected chi connectivity index (χ3v) is 9.43. The maximum absolute atomic E-state index is 16.0. The Morgan fingerprint density at radius 1 is 1.00 bits per heavy atom. The SMILES string of the molecule is COCCOc1ccc(C(N)=O)c(-c2cc(C(CNC3CCC(N(C(=O)OC(C)(C)C)C4COC4)CC3)c3ccccc3)ccc2Cl)c1F. The molecule has 1 aliphatic carbocycles. The molecule has 2 fully saturated rings. The van der Waals surface area contributed by atoms with Gasteiger partial charge in [-0.05, 0) is 81.8 Å². The van der Waals surface area contributed by atoms with Gasteiger partial charge in [0.1, 0.15) is 12.2 Å². The highest BCUT2D eigenvalue weighted by Crippen LogP contribution is 2.39. The van der Waals surface area contributed by atoms with Crippen LogP contribution in [0.4, 0.5) is 9.18 Å². The number of benzene rings is 3. The Morgan fingerprint density at radius 2 is 1.71 bits per heavy atom. The van der Waals surface area contributed by atoms with Crippen molar-refractivity contribution in [2.24, 2.45) is 5.73 Å². The van der Waals surface area contributed by atoms with Crippen LogP contribution < -0.4 is 15.8 Å². The molecule has 1 heterocycles. The first-order chi connectivity index (χ1) is 23.5. The number of amides is 2. The van der Waals surface area contributed by atoms with Gasteiger partial charge in [-0.25, -0.2) is 9.18 Å². The summed E-state index contributed by atoms with van der Waals surface area (Å²) in [4.78, 5) is 27.6. The number of primary amides is 1. The molecule has 0 bridgehead atoms. The molecule has 2 aliphatic rings. The Labute approximate surface area is 293 Å². The number of hydrogen-bond donors (Lipinski definition) is 2. The molecule has 1 unspecified atom stereocenters. The van der Waals surface area contributed by atoms with Gasteiger partial charge >= 0.3 is 6.09 Å². The molecule has 3 N–H and O–H groups in total. The van der Waals surface area contributed by atoms with E-state index in [0.717, 1.165) is 36.8 Å². The van der Waals surface area contributed by atoms with Gasteiger partial charge in [-0.2, -0.15) is 0 Å². The van der Waals surface area contributed by atoms with Gasteiger partial charge in [-0.15, -0.1) is 0 Å². The summed E-state index contributed by atoms with van der Waals surface area (Å²) in [6.45, 7) is 7.75. The second kappa shape index (κ2) is 16.3. The molecule has 3 aromatic carbocycles. The molecule has 264 valence electrons. The van der Waals surface area contributed by atoms with Crippen molar-refractivity contribution in [1.29, 1.82) is 0 Å². The van der Waals surface area contributed by atoms with Crippen LogP contribution in [0.2, 0.25) is 5.02 Å². The maximum Gasteiger partial charge on any atom is 0.410 e. The fourth-order valence-corrected chi connectivity index (χ4v) is 6.79. The van der Waals surface area contributed by atoms with Crippen molar-refractivity contribution in [2.75, 3.05) is 40.1 Å². The Bertz CT molecular complexity index is 1590. The molecule has 1 atom stereocenters. The Balaban J connectivity index is 1.36. The number of carbonyl (C=O) groups excluding carboxylic acids is 2. The summed E-state index contributed by atoms with van der Waals surface area (Å²) in [6.07, 6.45) is 3.23. The molecule has 1 aliphatic heterocycles. The molecule has 0 aromatic heterocycles. The second-order valence-corrected chi connectivity index (χ2v) is 14.1. The number of carbonyl (C=O) groups is 2. The zero-order valence-corrected chi connectivity index (χ0v) is 29.4. The van der Waals surface area contributed by atoms with Gasteiger partial charge < -0.3 is 30.0 Å². The third kappa shape index (κ3) is 9.11. The molecule has 1 saturated heterocycles. The lowest BCUT2D eigenvalue weighted by Gasteiger charge is -2.44. The quantitative estimate of drug-likeness (QED) is 0.186.